The van der Waals surface area contributed by atoms with E-state index in [4.69, 9.17) is 14.2 Å². The fourth-order valence-electron chi connectivity index (χ4n) is 4.81. The lowest BCUT2D eigenvalue weighted by Gasteiger charge is -2.37. The molecule has 0 aromatic heterocycles. The summed E-state index contributed by atoms with van der Waals surface area (Å²) in [6, 6.07) is 0. The molecule has 2 aliphatic carbocycles. The Kier molecular flexibility index (Phi) is 8.65. The zero-order chi connectivity index (χ0) is 20.0. The fourth-order valence-corrected chi connectivity index (χ4v) is 4.81. The SMILES string of the molecule is C=C(C)[C@@H]1CC[C@@H](C)C[C@H]1OC(=O)OCCO[C@@H]1C[C@H](C)CC[C@H]1C(C)C. The third kappa shape index (κ3) is 6.81. The molecule has 0 aromatic rings. The Bertz CT molecular complexity index is 487. The summed E-state index contributed by atoms with van der Waals surface area (Å²) in [5.74, 6) is 2.76. The van der Waals surface area contributed by atoms with Crippen molar-refractivity contribution in [2.24, 2.45) is 29.6 Å². The molecule has 0 saturated heterocycles. The van der Waals surface area contributed by atoms with Crippen molar-refractivity contribution in [2.45, 2.75) is 85.4 Å². The molecule has 0 N–H and O–H groups in total. The lowest BCUT2D eigenvalue weighted by atomic mass is 9.75. The van der Waals surface area contributed by atoms with Gasteiger partial charge in [-0.05, 0) is 62.7 Å². The Balaban J connectivity index is 1.72. The Morgan fingerprint density at radius 2 is 1.63 bits per heavy atom. The van der Waals surface area contributed by atoms with E-state index in [2.05, 4.69) is 34.3 Å². The van der Waals surface area contributed by atoms with Gasteiger partial charge in [-0.15, -0.1) is 0 Å². The summed E-state index contributed by atoms with van der Waals surface area (Å²) < 4.78 is 17.0. The van der Waals surface area contributed by atoms with E-state index < -0.39 is 6.16 Å². The van der Waals surface area contributed by atoms with Crippen LogP contribution in [0.5, 0.6) is 0 Å². The van der Waals surface area contributed by atoms with Crippen LogP contribution in [0.15, 0.2) is 12.2 Å². The summed E-state index contributed by atoms with van der Waals surface area (Å²) in [7, 11) is 0. The van der Waals surface area contributed by atoms with E-state index in [9.17, 15) is 4.79 Å². The van der Waals surface area contributed by atoms with Gasteiger partial charge in [0.2, 0.25) is 0 Å². The topological polar surface area (TPSA) is 44.8 Å². The van der Waals surface area contributed by atoms with E-state index >= 15 is 0 Å². The van der Waals surface area contributed by atoms with Crippen LogP contribution in [-0.2, 0) is 14.2 Å². The lowest BCUT2D eigenvalue weighted by molar-refractivity contribution is -0.0629. The van der Waals surface area contributed by atoms with Gasteiger partial charge in [0.15, 0.2) is 0 Å². The molecule has 0 unspecified atom stereocenters. The Morgan fingerprint density at radius 1 is 1.00 bits per heavy atom. The van der Waals surface area contributed by atoms with Crippen LogP contribution in [0.1, 0.15) is 73.1 Å². The highest BCUT2D eigenvalue weighted by atomic mass is 16.7. The number of carbonyl (C=O) groups excluding carboxylic acids is 1. The van der Waals surface area contributed by atoms with Gasteiger partial charge in [-0.3, -0.25) is 0 Å². The quantitative estimate of drug-likeness (QED) is 0.309. The Labute approximate surface area is 166 Å². The number of ether oxygens (including phenoxy) is 3. The molecule has 6 atom stereocenters. The molecule has 0 aromatic carbocycles. The van der Waals surface area contributed by atoms with Crippen LogP contribution in [0.25, 0.3) is 0 Å². The smallest absolute Gasteiger partial charge is 0.432 e. The summed E-state index contributed by atoms with van der Waals surface area (Å²) in [6.07, 6.45) is 6.31. The summed E-state index contributed by atoms with van der Waals surface area (Å²) in [5, 5.41) is 0. The first kappa shape index (κ1) is 22.3. The van der Waals surface area contributed by atoms with Crippen molar-refractivity contribution in [2.75, 3.05) is 13.2 Å². The highest BCUT2D eigenvalue weighted by molar-refractivity contribution is 5.60. The number of carbonyl (C=O) groups is 1. The minimum Gasteiger partial charge on any atom is -0.432 e. The molecule has 0 amide bonds. The molecule has 2 rings (SSSR count). The van der Waals surface area contributed by atoms with E-state index in [1.807, 2.05) is 6.92 Å². The molecule has 4 nitrogen and oxygen atoms in total. The summed E-state index contributed by atoms with van der Waals surface area (Å²) in [5.41, 5.74) is 1.09. The van der Waals surface area contributed by atoms with Gasteiger partial charge in [0.1, 0.15) is 12.7 Å². The zero-order valence-electron chi connectivity index (χ0n) is 18.0. The van der Waals surface area contributed by atoms with Gasteiger partial charge in [-0.25, -0.2) is 4.79 Å². The maximum Gasteiger partial charge on any atom is 0.508 e. The molecule has 0 aliphatic heterocycles. The van der Waals surface area contributed by atoms with Crippen LogP contribution in [0, 0.1) is 29.6 Å². The predicted octanol–water partition coefficient (Wildman–Crippen LogP) is 6.00. The second-order valence-electron chi connectivity index (χ2n) is 9.36. The second-order valence-corrected chi connectivity index (χ2v) is 9.36. The minimum absolute atomic E-state index is 0.107. The minimum atomic E-state index is -0.568. The molecule has 0 bridgehead atoms. The van der Waals surface area contributed by atoms with E-state index in [-0.39, 0.29) is 24.7 Å². The number of rotatable bonds is 7. The Morgan fingerprint density at radius 3 is 2.26 bits per heavy atom. The maximum absolute atomic E-state index is 12.1. The lowest BCUT2D eigenvalue weighted by Crippen LogP contribution is -2.35. The first-order chi connectivity index (χ1) is 12.8. The van der Waals surface area contributed by atoms with E-state index in [1.54, 1.807) is 0 Å². The van der Waals surface area contributed by atoms with Gasteiger partial charge in [0, 0.05) is 5.92 Å². The largest absolute Gasteiger partial charge is 0.508 e. The van der Waals surface area contributed by atoms with Gasteiger partial charge in [-0.1, -0.05) is 46.3 Å². The van der Waals surface area contributed by atoms with Gasteiger partial charge in [-0.2, -0.15) is 0 Å². The molecule has 2 fully saturated rings. The van der Waals surface area contributed by atoms with Crippen LogP contribution in [0.2, 0.25) is 0 Å². The van der Waals surface area contributed by atoms with Crippen molar-refractivity contribution in [1.29, 1.82) is 0 Å². The normalized spacial score (nSPS) is 34.3. The molecule has 0 spiro atoms. The molecule has 2 saturated carbocycles. The average molecular weight is 381 g/mol. The highest BCUT2D eigenvalue weighted by Crippen LogP contribution is 2.36. The van der Waals surface area contributed by atoms with E-state index in [0.29, 0.717) is 30.3 Å². The molecule has 2 aliphatic rings. The summed E-state index contributed by atoms with van der Waals surface area (Å²) in [6.45, 7) is 15.8. The Hall–Kier alpha value is -1.03. The molecule has 156 valence electrons. The van der Waals surface area contributed by atoms with Crippen molar-refractivity contribution in [3.8, 4) is 0 Å². The molecule has 27 heavy (non-hydrogen) atoms. The first-order valence-corrected chi connectivity index (χ1v) is 10.9. The van der Waals surface area contributed by atoms with Crippen LogP contribution < -0.4 is 0 Å². The van der Waals surface area contributed by atoms with Crippen molar-refractivity contribution in [3.05, 3.63) is 12.2 Å². The fraction of sp³-hybridized carbons (Fsp3) is 0.870. The molecular weight excluding hydrogens is 340 g/mol. The highest BCUT2D eigenvalue weighted by Gasteiger charge is 2.33. The van der Waals surface area contributed by atoms with Crippen molar-refractivity contribution < 1.29 is 19.0 Å². The monoisotopic (exact) mass is 380 g/mol. The van der Waals surface area contributed by atoms with Crippen molar-refractivity contribution in [1.82, 2.24) is 0 Å². The molecule has 0 heterocycles. The van der Waals surface area contributed by atoms with Crippen molar-refractivity contribution in [3.63, 3.8) is 0 Å². The zero-order valence-corrected chi connectivity index (χ0v) is 18.0. The summed E-state index contributed by atoms with van der Waals surface area (Å²) >= 11 is 0. The maximum atomic E-state index is 12.1. The molecule has 4 heteroatoms. The third-order valence-electron chi connectivity index (χ3n) is 6.53. The average Bonchev–Trinajstić information content (AvgIpc) is 2.58. The standard InChI is InChI=1S/C23H40O4/c1-15(2)19-9-7-17(5)13-21(19)25-11-12-26-23(24)27-22-14-18(6)8-10-20(22)16(3)4/h15,17-22H,3,7-14H2,1-2,4-6H3/t17-,18-,19+,20+,21-,22-/m1/s1. The van der Waals surface area contributed by atoms with Crippen molar-refractivity contribution >= 4 is 6.16 Å². The van der Waals surface area contributed by atoms with E-state index in [0.717, 1.165) is 31.3 Å². The van der Waals surface area contributed by atoms with E-state index in [1.165, 1.54) is 12.8 Å². The third-order valence-corrected chi connectivity index (χ3v) is 6.53. The molecular formula is C23H40O4. The number of hydrogen-bond acceptors (Lipinski definition) is 4. The number of hydrogen-bond donors (Lipinski definition) is 0. The van der Waals surface area contributed by atoms with Crippen LogP contribution in [0.4, 0.5) is 4.79 Å². The van der Waals surface area contributed by atoms with Crippen LogP contribution in [0.3, 0.4) is 0 Å². The van der Waals surface area contributed by atoms with Gasteiger partial charge in [0.05, 0.1) is 12.7 Å². The van der Waals surface area contributed by atoms with Gasteiger partial charge >= 0.3 is 6.16 Å². The van der Waals surface area contributed by atoms with Crippen LogP contribution >= 0.6 is 0 Å². The van der Waals surface area contributed by atoms with Crippen LogP contribution in [-0.4, -0.2) is 31.6 Å². The van der Waals surface area contributed by atoms with Gasteiger partial charge in [0.25, 0.3) is 0 Å². The van der Waals surface area contributed by atoms with Gasteiger partial charge < -0.3 is 14.2 Å². The second kappa shape index (κ2) is 10.5. The first-order valence-electron chi connectivity index (χ1n) is 10.9. The summed E-state index contributed by atoms with van der Waals surface area (Å²) in [4.78, 5) is 12.1. The molecule has 0 radical (unpaired) electrons. The predicted molar refractivity (Wildman–Crippen MR) is 109 cm³/mol.